The summed E-state index contributed by atoms with van der Waals surface area (Å²) >= 11 is 0. The van der Waals surface area contributed by atoms with Crippen molar-refractivity contribution < 1.29 is 4.42 Å². The molecule has 3 rings (SSSR count). The highest BCUT2D eigenvalue weighted by molar-refractivity contribution is 5.93. The summed E-state index contributed by atoms with van der Waals surface area (Å²) in [5, 5.41) is 0.510. The molecule has 0 bridgehead atoms. The zero-order valence-electron chi connectivity index (χ0n) is 9.23. The summed E-state index contributed by atoms with van der Waals surface area (Å²) in [4.78, 5) is 18.4. The molecule has 0 aliphatic carbocycles. The highest BCUT2D eigenvalue weighted by atomic mass is 16.3. The van der Waals surface area contributed by atoms with Gasteiger partial charge in [-0.05, 0) is 12.5 Å². The number of aromatic nitrogens is 2. The van der Waals surface area contributed by atoms with Crippen molar-refractivity contribution >= 4 is 11.1 Å². The van der Waals surface area contributed by atoms with Gasteiger partial charge in [-0.2, -0.15) is 0 Å². The van der Waals surface area contributed by atoms with Crippen LogP contribution in [0.3, 0.4) is 0 Å². The van der Waals surface area contributed by atoms with E-state index in [-0.39, 0.29) is 5.56 Å². The third-order valence-corrected chi connectivity index (χ3v) is 2.73. The van der Waals surface area contributed by atoms with E-state index >= 15 is 0 Å². The van der Waals surface area contributed by atoms with Gasteiger partial charge in [-0.3, -0.25) is 4.79 Å². The Kier molecular flexibility index (Phi) is 2.08. The Morgan fingerprint density at radius 1 is 1.24 bits per heavy atom. The van der Waals surface area contributed by atoms with Crippen LogP contribution in [-0.4, -0.2) is 9.97 Å². The van der Waals surface area contributed by atoms with Gasteiger partial charge in [-0.1, -0.05) is 30.3 Å². The Labute approximate surface area is 96.9 Å². The number of benzene rings is 1. The molecule has 2 aromatic heterocycles. The molecular formula is C13H10N2O2. The van der Waals surface area contributed by atoms with Crippen molar-refractivity contribution in [2.45, 2.75) is 6.92 Å². The molecular weight excluding hydrogens is 216 g/mol. The van der Waals surface area contributed by atoms with Crippen LogP contribution in [0.25, 0.3) is 22.2 Å². The first-order valence-electron chi connectivity index (χ1n) is 5.29. The predicted molar refractivity (Wildman–Crippen MR) is 64.8 cm³/mol. The minimum absolute atomic E-state index is 0.175. The van der Waals surface area contributed by atoms with Gasteiger partial charge in [0.2, 0.25) is 5.71 Å². The molecule has 3 aromatic rings. The van der Waals surface area contributed by atoms with Gasteiger partial charge in [0.1, 0.15) is 11.1 Å². The molecule has 0 spiro atoms. The van der Waals surface area contributed by atoms with E-state index in [0.717, 1.165) is 11.1 Å². The third kappa shape index (κ3) is 1.45. The lowest BCUT2D eigenvalue weighted by Crippen LogP contribution is -2.05. The fourth-order valence-corrected chi connectivity index (χ4v) is 2.01. The molecule has 1 N–H and O–H groups in total. The summed E-state index contributed by atoms with van der Waals surface area (Å²) in [6.45, 7) is 1.84. The Morgan fingerprint density at radius 2 is 2.00 bits per heavy atom. The average Bonchev–Trinajstić information content (AvgIpc) is 2.68. The van der Waals surface area contributed by atoms with Crippen LogP contribution < -0.4 is 5.56 Å². The average molecular weight is 226 g/mol. The molecule has 0 saturated heterocycles. The number of rotatable bonds is 1. The largest absolute Gasteiger partial charge is 0.442 e. The van der Waals surface area contributed by atoms with Crippen LogP contribution in [0.4, 0.5) is 0 Å². The second-order valence-electron chi connectivity index (χ2n) is 3.81. The van der Waals surface area contributed by atoms with Crippen LogP contribution in [0.2, 0.25) is 0 Å². The SMILES string of the molecule is Cc1oc2nc[nH]c(=O)c2c1-c1ccccc1. The zero-order chi connectivity index (χ0) is 11.8. The van der Waals surface area contributed by atoms with E-state index in [4.69, 9.17) is 4.42 Å². The Bertz CT molecular complexity index is 726. The molecule has 1 aromatic carbocycles. The minimum Gasteiger partial charge on any atom is -0.442 e. The number of nitrogens with zero attached hydrogens (tertiary/aromatic N) is 1. The molecule has 4 heteroatoms. The van der Waals surface area contributed by atoms with E-state index < -0.39 is 0 Å². The Balaban J connectivity index is 2.44. The first kappa shape index (κ1) is 9.84. The number of nitrogens with one attached hydrogen (secondary N) is 1. The Morgan fingerprint density at radius 3 is 2.76 bits per heavy atom. The minimum atomic E-state index is -0.175. The van der Waals surface area contributed by atoms with Gasteiger partial charge >= 0.3 is 0 Å². The maximum absolute atomic E-state index is 11.8. The molecule has 0 atom stereocenters. The van der Waals surface area contributed by atoms with Gasteiger partial charge in [0, 0.05) is 5.56 Å². The van der Waals surface area contributed by atoms with E-state index in [9.17, 15) is 4.79 Å². The summed E-state index contributed by atoms with van der Waals surface area (Å²) < 4.78 is 5.50. The molecule has 0 aliphatic rings. The fraction of sp³-hybridized carbons (Fsp3) is 0.0769. The maximum atomic E-state index is 11.8. The molecule has 0 aliphatic heterocycles. The van der Waals surface area contributed by atoms with Crippen molar-refractivity contribution in [2.24, 2.45) is 0 Å². The molecule has 2 heterocycles. The smallest absolute Gasteiger partial charge is 0.262 e. The second-order valence-corrected chi connectivity index (χ2v) is 3.81. The normalized spacial score (nSPS) is 10.9. The standard InChI is InChI=1S/C13H10N2O2/c1-8-10(9-5-3-2-4-6-9)11-12(16)14-7-15-13(11)17-8/h2-7H,1H3,(H,14,15,16). The molecule has 0 saturated carbocycles. The number of aromatic amines is 1. The van der Waals surface area contributed by atoms with E-state index in [1.165, 1.54) is 6.33 Å². The van der Waals surface area contributed by atoms with Gasteiger partial charge in [0.15, 0.2) is 0 Å². The van der Waals surface area contributed by atoms with Crippen LogP contribution in [0.15, 0.2) is 45.9 Å². The summed E-state index contributed by atoms with van der Waals surface area (Å²) in [6, 6.07) is 9.69. The molecule has 0 radical (unpaired) electrons. The lowest BCUT2D eigenvalue weighted by atomic mass is 10.0. The van der Waals surface area contributed by atoms with Crippen molar-refractivity contribution in [2.75, 3.05) is 0 Å². The molecule has 0 amide bonds. The lowest BCUT2D eigenvalue weighted by molar-refractivity contribution is 0.568. The van der Waals surface area contributed by atoms with Gasteiger partial charge < -0.3 is 9.40 Å². The van der Waals surface area contributed by atoms with Gasteiger partial charge in [0.25, 0.3) is 5.56 Å². The first-order chi connectivity index (χ1) is 8.27. The lowest BCUT2D eigenvalue weighted by Gasteiger charge is -1.98. The predicted octanol–water partition coefficient (Wildman–Crippen LogP) is 2.49. The quantitative estimate of drug-likeness (QED) is 0.693. The Hall–Kier alpha value is -2.36. The van der Waals surface area contributed by atoms with Crippen molar-refractivity contribution in [3.05, 3.63) is 52.8 Å². The second kappa shape index (κ2) is 3.59. The zero-order valence-corrected chi connectivity index (χ0v) is 9.23. The molecule has 0 unspecified atom stereocenters. The van der Waals surface area contributed by atoms with Crippen LogP contribution >= 0.6 is 0 Å². The monoisotopic (exact) mass is 226 g/mol. The maximum Gasteiger partial charge on any atom is 0.262 e. The summed E-state index contributed by atoms with van der Waals surface area (Å²) in [5.41, 5.74) is 1.98. The van der Waals surface area contributed by atoms with E-state index in [2.05, 4.69) is 9.97 Å². The van der Waals surface area contributed by atoms with Crippen LogP contribution in [0, 0.1) is 6.92 Å². The number of H-pyrrole nitrogens is 1. The van der Waals surface area contributed by atoms with E-state index in [0.29, 0.717) is 16.9 Å². The van der Waals surface area contributed by atoms with Crippen LogP contribution in [-0.2, 0) is 0 Å². The van der Waals surface area contributed by atoms with Crippen molar-refractivity contribution in [3.63, 3.8) is 0 Å². The van der Waals surface area contributed by atoms with Crippen molar-refractivity contribution in [1.82, 2.24) is 9.97 Å². The van der Waals surface area contributed by atoms with Gasteiger partial charge in [-0.15, -0.1) is 0 Å². The van der Waals surface area contributed by atoms with E-state index in [1.807, 2.05) is 37.3 Å². The third-order valence-electron chi connectivity index (χ3n) is 2.73. The number of fused-ring (bicyclic) bond motifs is 1. The summed E-state index contributed by atoms with van der Waals surface area (Å²) in [7, 11) is 0. The van der Waals surface area contributed by atoms with Crippen molar-refractivity contribution in [1.29, 1.82) is 0 Å². The molecule has 0 fully saturated rings. The topological polar surface area (TPSA) is 58.9 Å². The van der Waals surface area contributed by atoms with Gasteiger partial charge in [-0.25, -0.2) is 4.98 Å². The van der Waals surface area contributed by atoms with Crippen molar-refractivity contribution in [3.8, 4) is 11.1 Å². The first-order valence-corrected chi connectivity index (χ1v) is 5.29. The number of hydrogen-bond donors (Lipinski definition) is 1. The molecule has 4 nitrogen and oxygen atoms in total. The molecule has 84 valence electrons. The highest BCUT2D eigenvalue weighted by Crippen LogP contribution is 2.30. The summed E-state index contributed by atoms with van der Waals surface area (Å²) in [6.07, 6.45) is 1.35. The number of aryl methyl sites for hydroxylation is 1. The number of furan rings is 1. The number of hydrogen-bond acceptors (Lipinski definition) is 3. The fourth-order valence-electron chi connectivity index (χ4n) is 2.01. The van der Waals surface area contributed by atoms with Crippen LogP contribution in [0.1, 0.15) is 5.76 Å². The highest BCUT2D eigenvalue weighted by Gasteiger charge is 2.16. The van der Waals surface area contributed by atoms with Gasteiger partial charge in [0.05, 0.1) is 6.33 Å². The molecule has 17 heavy (non-hydrogen) atoms. The summed E-state index contributed by atoms with van der Waals surface area (Å²) in [5.74, 6) is 0.704. The van der Waals surface area contributed by atoms with E-state index in [1.54, 1.807) is 0 Å². The van der Waals surface area contributed by atoms with Crippen LogP contribution in [0.5, 0.6) is 0 Å².